The maximum atomic E-state index is 11.9. The van der Waals surface area contributed by atoms with Gasteiger partial charge in [-0.05, 0) is 25.3 Å². The van der Waals surface area contributed by atoms with Gasteiger partial charge in [0, 0.05) is 18.9 Å². The first-order valence-corrected chi connectivity index (χ1v) is 6.13. The average molecular weight is 237 g/mol. The molecule has 6 nitrogen and oxygen atoms in total. The van der Waals surface area contributed by atoms with Crippen LogP contribution in [0, 0.1) is 11.8 Å². The first-order chi connectivity index (χ1) is 8.31. The molecule has 1 aliphatic rings. The molecule has 0 saturated heterocycles. The van der Waals surface area contributed by atoms with Gasteiger partial charge in [-0.15, -0.1) is 0 Å². The molecule has 1 aliphatic carbocycles. The van der Waals surface area contributed by atoms with Crippen molar-refractivity contribution in [3.63, 3.8) is 0 Å². The van der Waals surface area contributed by atoms with Gasteiger partial charge in [0.05, 0.1) is 0 Å². The van der Waals surface area contributed by atoms with E-state index in [-0.39, 0.29) is 11.8 Å². The van der Waals surface area contributed by atoms with Gasteiger partial charge >= 0.3 is 0 Å². The summed E-state index contributed by atoms with van der Waals surface area (Å²) in [6.45, 7) is 1.21. The van der Waals surface area contributed by atoms with E-state index in [1.807, 2.05) is 0 Å². The van der Waals surface area contributed by atoms with Crippen LogP contribution in [-0.2, 0) is 11.2 Å². The number of hydrogen-bond acceptors (Lipinski definition) is 4. The quantitative estimate of drug-likeness (QED) is 0.663. The van der Waals surface area contributed by atoms with E-state index in [0.717, 1.165) is 25.1 Å². The number of nitrogens with zero attached hydrogens (tertiary/aromatic N) is 2. The lowest BCUT2D eigenvalue weighted by Gasteiger charge is -2.17. The molecule has 0 bridgehead atoms. The fraction of sp³-hybridized carbons (Fsp3) is 0.727. The van der Waals surface area contributed by atoms with Gasteiger partial charge < -0.3 is 11.1 Å². The fourth-order valence-electron chi connectivity index (χ4n) is 2.45. The lowest BCUT2D eigenvalue weighted by atomic mass is 9.95. The fourth-order valence-corrected chi connectivity index (χ4v) is 2.45. The third-order valence-corrected chi connectivity index (χ3v) is 3.42. The topological polar surface area (TPSA) is 96.7 Å². The molecule has 4 N–H and O–H groups in total. The first-order valence-electron chi connectivity index (χ1n) is 6.13. The summed E-state index contributed by atoms with van der Waals surface area (Å²) in [4.78, 5) is 15.9. The zero-order valence-corrected chi connectivity index (χ0v) is 9.85. The Kier molecular flexibility index (Phi) is 4.08. The number of amides is 1. The average Bonchev–Trinajstić information content (AvgIpc) is 2.99. The van der Waals surface area contributed by atoms with Gasteiger partial charge in [0.1, 0.15) is 12.2 Å². The Balaban J connectivity index is 1.73. The van der Waals surface area contributed by atoms with Crippen LogP contribution in [0.5, 0.6) is 0 Å². The highest BCUT2D eigenvalue weighted by Gasteiger charge is 2.31. The normalized spacial score (nSPS) is 23.8. The van der Waals surface area contributed by atoms with Crippen molar-refractivity contribution in [3.8, 4) is 0 Å². The van der Waals surface area contributed by atoms with Gasteiger partial charge in [-0.3, -0.25) is 9.89 Å². The van der Waals surface area contributed by atoms with E-state index >= 15 is 0 Å². The summed E-state index contributed by atoms with van der Waals surface area (Å²) in [5.74, 6) is 1.40. The van der Waals surface area contributed by atoms with Gasteiger partial charge in [-0.25, -0.2) is 4.98 Å². The van der Waals surface area contributed by atoms with Crippen LogP contribution in [0.4, 0.5) is 0 Å². The Morgan fingerprint density at radius 3 is 3.18 bits per heavy atom. The molecule has 1 fully saturated rings. The van der Waals surface area contributed by atoms with Crippen LogP contribution in [0.25, 0.3) is 0 Å². The van der Waals surface area contributed by atoms with Crippen molar-refractivity contribution < 1.29 is 4.79 Å². The number of carbonyl (C=O) groups excluding carboxylic acids is 1. The number of carbonyl (C=O) groups is 1. The van der Waals surface area contributed by atoms with Crippen LogP contribution in [-0.4, -0.2) is 34.2 Å². The molecule has 0 aliphatic heterocycles. The lowest BCUT2D eigenvalue weighted by Crippen LogP contribution is -2.36. The summed E-state index contributed by atoms with van der Waals surface area (Å²) in [5.41, 5.74) is 5.66. The Morgan fingerprint density at radius 2 is 2.47 bits per heavy atom. The van der Waals surface area contributed by atoms with Crippen LogP contribution < -0.4 is 11.1 Å². The highest BCUT2D eigenvalue weighted by Crippen LogP contribution is 2.30. The SMILES string of the molecule is NCC1CCCC1C(=O)NCCc1ncn[nH]1. The largest absolute Gasteiger partial charge is 0.355 e. The summed E-state index contributed by atoms with van der Waals surface area (Å²) < 4.78 is 0. The number of aromatic amines is 1. The Bertz CT molecular complexity index is 351. The molecule has 0 aromatic carbocycles. The zero-order chi connectivity index (χ0) is 12.1. The second-order valence-electron chi connectivity index (χ2n) is 4.51. The molecule has 6 heteroatoms. The molecule has 1 saturated carbocycles. The number of nitrogens with one attached hydrogen (secondary N) is 2. The minimum absolute atomic E-state index is 0.106. The summed E-state index contributed by atoms with van der Waals surface area (Å²) in [7, 11) is 0. The molecule has 1 amide bonds. The van der Waals surface area contributed by atoms with Crippen LogP contribution >= 0.6 is 0 Å². The number of hydrogen-bond donors (Lipinski definition) is 3. The van der Waals surface area contributed by atoms with E-state index in [9.17, 15) is 4.79 Å². The molecule has 1 heterocycles. The predicted molar refractivity (Wildman–Crippen MR) is 63.0 cm³/mol. The van der Waals surface area contributed by atoms with Crippen molar-refractivity contribution in [2.45, 2.75) is 25.7 Å². The van der Waals surface area contributed by atoms with Crippen molar-refractivity contribution in [2.24, 2.45) is 17.6 Å². The van der Waals surface area contributed by atoms with Crippen molar-refractivity contribution in [1.29, 1.82) is 0 Å². The first kappa shape index (κ1) is 12.0. The maximum absolute atomic E-state index is 11.9. The minimum Gasteiger partial charge on any atom is -0.355 e. The van der Waals surface area contributed by atoms with Crippen LogP contribution in [0.2, 0.25) is 0 Å². The standard InChI is InChI=1S/C11H19N5O/c12-6-8-2-1-3-9(8)11(17)13-5-4-10-14-7-15-16-10/h7-9H,1-6,12H2,(H,13,17)(H,14,15,16). The van der Waals surface area contributed by atoms with Gasteiger partial charge in [0.25, 0.3) is 0 Å². The molecule has 2 atom stereocenters. The van der Waals surface area contributed by atoms with Gasteiger partial charge in [0.15, 0.2) is 0 Å². The number of nitrogens with two attached hydrogens (primary N) is 1. The maximum Gasteiger partial charge on any atom is 0.223 e. The molecule has 2 rings (SSSR count). The zero-order valence-electron chi connectivity index (χ0n) is 9.85. The molecule has 1 aromatic rings. The summed E-state index contributed by atoms with van der Waals surface area (Å²) >= 11 is 0. The number of aromatic nitrogens is 3. The lowest BCUT2D eigenvalue weighted by molar-refractivity contribution is -0.125. The van der Waals surface area contributed by atoms with Crippen molar-refractivity contribution in [1.82, 2.24) is 20.5 Å². The third-order valence-electron chi connectivity index (χ3n) is 3.42. The second kappa shape index (κ2) is 5.77. The van der Waals surface area contributed by atoms with Gasteiger partial charge in [0.2, 0.25) is 5.91 Å². The van der Waals surface area contributed by atoms with E-state index in [2.05, 4.69) is 20.5 Å². The smallest absolute Gasteiger partial charge is 0.223 e. The highest BCUT2D eigenvalue weighted by atomic mass is 16.1. The summed E-state index contributed by atoms with van der Waals surface area (Å²) in [6, 6.07) is 0. The van der Waals surface area contributed by atoms with Gasteiger partial charge in [-0.2, -0.15) is 5.10 Å². The molecule has 94 valence electrons. The van der Waals surface area contributed by atoms with Gasteiger partial charge in [-0.1, -0.05) is 6.42 Å². The van der Waals surface area contributed by atoms with E-state index in [1.165, 1.54) is 6.33 Å². The third kappa shape index (κ3) is 3.03. The monoisotopic (exact) mass is 237 g/mol. The Morgan fingerprint density at radius 1 is 1.59 bits per heavy atom. The van der Waals surface area contributed by atoms with E-state index in [1.54, 1.807) is 0 Å². The molecular formula is C11H19N5O. The van der Waals surface area contributed by atoms with E-state index < -0.39 is 0 Å². The molecular weight excluding hydrogens is 218 g/mol. The van der Waals surface area contributed by atoms with Crippen LogP contribution in [0.15, 0.2) is 6.33 Å². The van der Waals surface area contributed by atoms with E-state index in [0.29, 0.717) is 25.4 Å². The minimum atomic E-state index is 0.106. The predicted octanol–water partition coefficient (Wildman–Crippen LogP) is -0.162. The molecule has 17 heavy (non-hydrogen) atoms. The van der Waals surface area contributed by atoms with Crippen LogP contribution in [0.3, 0.4) is 0 Å². The molecule has 1 aromatic heterocycles. The van der Waals surface area contributed by atoms with Crippen molar-refractivity contribution >= 4 is 5.91 Å². The highest BCUT2D eigenvalue weighted by molar-refractivity contribution is 5.79. The second-order valence-corrected chi connectivity index (χ2v) is 4.51. The summed E-state index contributed by atoms with van der Waals surface area (Å²) in [5, 5.41) is 9.47. The summed E-state index contributed by atoms with van der Waals surface area (Å²) in [6.07, 6.45) is 5.32. The number of rotatable bonds is 5. The van der Waals surface area contributed by atoms with Crippen LogP contribution in [0.1, 0.15) is 25.1 Å². The Hall–Kier alpha value is -1.43. The van der Waals surface area contributed by atoms with E-state index in [4.69, 9.17) is 5.73 Å². The van der Waals surface area contributed by atoms with Crippen molar-refractivity contribution in [2.75, 3.05) is 13.1 Å². The van der Waals surface area contributed by atoms with Crippen molar-refractivity contribution in [3.05, 3.63) is 12.2 Å². The molecule has 0 spiro atoms. The Labute approximate surface area is 100 Å². The molecule has 2 unspecified atom stereocenters. The number of H-pyrrole nitrogens is 1. The molecule has 0 radical (unpaired) electrons.